The first kappa shape index (κ1) is 14.4. The molecule has 0 atom stereocenters. The SMILES string of the molecule is O=C(NCC1(C2(O)CCC2)CCC1)OCc1ccccc1. The minimum absolute atomic E-state index is 0.114. The summed E-state index contributed by atoms with van der Waals surface area (Å²) in [6, 6.07) is 9.64. The summed E-state index contributed by atoms with van der Waals surface area (Å²) in [6.07, 6.45) is 5.58. The first-order valence-electron chi connectivity index (χ1n) is 7.81. The van der Waals surface area contributed by atoms with Gasteiger partial charge in [0.15, 0.2) is 0 Å². The summed E-state index contributed by atoms with van der Waals surface area (Å²) in [7, 11) is 0. The van der Waals surface area contributed by atoms with Crippen LogP contribution in [0.1, 0.15) is 44.1 Å². The molecule has 114 valence electrons. The summed E-state index contributed by atoms with van der Waals surface area (Å²) >= 11 is 0. The zero-order valence-corrected chi connectivity index (χ0v) is 12.3. The molecular weight excluding hydrogens is 266 g/mol. The molecule has 0 heterocycles. The Balaban J connectivity index is 1.47. The Morgan fingerprint density at radius 3 is 2.33 bits per heavy atom. The molecule has 4 nitrogen and oxygen atoms in total. The Labute approximate surface area is 125 Å². The Morgan fingerprint density at radius 2 is 1.81 bits per heavy atom. The fourth-order valence-corrected chi connectivity index (χ4v) is 3.47. The number of nitrogens with one attached hydrogen (secondary N) is 1. The van der Waals surface area contributed by atoms with Crippen LogP contribution >= 0.6 is 0 Å². The van der Waals surface area contributed by atoms with E-state index in [0.29, 0.717) is 6.54 Å². The highest BCUT2D eigenvalue weighted by Crippen LogP contribution is 2.56. The quantitative estimate of drug-likeness (QED) is 0.876. The monoisotopic (exact) mass is 289 g/mol. The van der Waals surface area contributed by atoms with Crippen LogP contribution in [0.5, 0.6) is 0 Å². The number of carbonyl (C=O) groups excluding carboxylic acids is 1. The molecule has 21 heavy (non-hydrogen) atoms. The van der Waals surface area contributed by atoms with E-state index in [1.165, 1.54) is 0 Å². The fourth-order valence-electron chi connectivity index (χ4n) is 3.47. The number of alkyl carbamates (subject to hydrolysis) is 1. The first-order chi connectivity index (χ1) is 10.1. The maximum Gasteiger partial charge on any atom is 0.407 e. The predicted molar refractivity (Wildman–Crippen MR) is 79.7 cm³/mol. The van der Waals surface area contributed by atoms with Crippen LogP contribution in [0.3, 0.4) is 0 Å². The van der Waals surface area contributed by atoms with Gasteiger partial charge in [-0.1, -0.05) is 36.8 Å². The van der Waals surface area contributed by atoms with Gasteiger partial charge in [0.05, 0.1) is 5.60 Å². The Kier molecular flexibility index (Phi) is 3.89. The van der Waals surface area contributed by atoms with Crippen LogP contribution in [-0.4, -0.2) is 23.3 Å². The van der Waals surface area contributed by atoms with Gasteiger partial charge in [0.1, 0.15) is 6.61 Å². The summed E-state index contributed by atoms with van der Waals surface area (Å²) in [4.78, 5) is 11.8. The number of ether oxygens (including phenoxy) is 1. The van der Waals surface area contributed by atoms with Crippen molar-refractivity contribution in [3.8, 4) is 0 Å². The van der Waals surface area contributed by atoms with Gasteiger partial charge in [-0.2, -0.15) is 0 Å². The highest BCUT2D eigenvalue weighted by atomic mass is 16.5. The average Bonchev–Trinajstić information content (AvgIpc) is 2.43. The third-order valence-electron chi connectivity index (χ3n) is 5.26. The lowest BCUT2D eigenvalue weighted by Gasteiger charge is -2.57. The van der Waals surface area contributed by atoms with E-state index in [1.807, 2.05) is 30.3 Å². The van der Waals surface area contributed by atoms with Crippen LogP contribution in [0.2, 0.25) is 0 Å². The molecule has 2 saturated carbocycles. The fraction of sp³-hybridized carbons (Fsp3) is 0.588. The highest BCUT2D eigenvalue weighted by molar-refractivity contribution is 5.67. The van der Waals surface area contributed by atoms with Gasteiger partial charge in [0, 0.05) is 12.0 Å². The number of aliphatic hydroxyl groups is 1. The van der Waals surface area contributed by atoms with Gasteiger partial charge in [-0.15, -0.1) is 0 Å². The number of amides is 1. The zero-order chi connectivity index (χ0) is 14.8. The summed E-state index contributed by atoms with van der Waals surface area (Å²) in [6.45, 7) is 0.807. The number of benzene rings is 1. The van der Waals surface area contributed by atoms with Gasteiger partial charge in [0.25, 0.3) is 0 Å². The van der Waals surface area contributed by atoms with Crippen molar-refractivity contribution in [3.05, 3.63) is 35.9 Å². The van der Waals surface area contributed by atoms with E-state index in [2.05, 4.69) is 5.32 Å². The third kappa shape index (κ3) is 2.77. The van der Waals surface area contributed by atoms with E-state index in [-0.39, 0.29) is 12.0 Å². The van der Waals surface area contributed by atoms with E-state index in [9.17, 15) is 9.90 Å². The number of carbonyl (C=O) groups is 1. The topological polar surface area (TPSA) is 58.6 Å². The summed E-state index contributed by atoms with van der Waals surface area (Å²) in [5.41, 5.74) is 0.304. The zero-order valence-electron chi connectivity index (χ0n) is 12.3. The second kappa shape index (κ2) is 5.68. The smallest absolute Gasteiger partial charge is 0.407 e. The van der Waals surface area contributed by atoms with Gasteiger partial charge < -0.3 is 15.2 Å². The van der Waals surface area contributed by atoms with Crippen molar-refractivity contribution in [1.82, 2.24) is 5.32 Å². The van der Waals surface area contributed by atoms with Crippen LogP contribution in [-0.2, 0) is 11.3 Å². The maximum absolute atomic E-state index is 11.8. The lowest BCUT2D eigenvalue weighted by molar-refractivity contribution is -0.172. The highest BCUT2D eigenvalue weighted by Gasteiger charge is 2.56. The minimum Gasteiger partial charge on any atom is -0.445 e. The molecule has 0 bridgehead atoms. The molecule has 2 aliphatic carbocycles. The third-order valence-corrected chi connectivity index (χ3v) is 5.26. The minimum atomic E-state index is -0.558. The van der Waals surface area contributed by atoms with Crippen LogP contribution in [0.25, 0.3) is 0 Å². The van der Waals surface area contributed by atoms with E-state index >= 15 is 0 Å². The van der Waals surface area contributed by atoms with Crippen molar-refractivity contribution in [2.45, 2.75) is 50.7 Å². The molecule has 2 aliphatic rings. The predicted octanol–water partition coefficient (Wildman–Crippen LogP) is 3.00. The lowest BCUT2D eigenvalue weighted by Crippen LogP contribution is -2.61. The van der Waals surface area contributed by atoms with Gasteiger partial charge >= 0.3 is 6.09 Å². The van der Waals surface area contributed by atoms with Gasteiger partial charge in [-0.3, -0.25) is 0 Å². The van der Waals surface area contributed by atoms with Crippen molar-refractivity contribution >= 4 is 6.09 Å². The van der Waals surface area contributed by atoms with Crippen LogP contribution in [0.15, 0.2) is 30.3 Å². The molecule has 1 aromatic carbocycles. The maximum atomic E-state index is 11.8. The van der Waals surface area contributed by atoms with E-state index in [1.54, 1.807) is 0 Å². The number of rotatable bonds is 5. The van der Waals surface area contributed by atoms with Crippen molar-refractivity contribution in [2.24, 2.45) is 5.41 Å². The van der Waals surface area contributed by atoms with Gasteiger partial charge in [-0.25, -0.2) is 4.79 Å². The summed E-state index contributed by atoms with van der Waals surface area (Å²) in [5, 5.41) is 13.5. The normalized spacial score (nSPS) is 21.8. The molecule has 0 saturated heterocycles. The van der Waals surface area contributed by atoms with E-state index < -0.39 is 11.7 Å². The molecule has 4 heteroatoms. The first-order valence-corrected chi connectivity index (χ1v) is 7.81. The van der Waals surface area contributed by atoms with Crippen LogP contribution in [0.4, 0.5) is 4.79 Å². The molecule has 2 N–H and O–H groups in total. The standard InChI is InChI=1S/C17H23NO3/c19-15(21-12-14-6-2-1-3-7-14)18-13-16(8-4-9-16)17(20)10-5-11-17/h1-3,6-7,20H,4-5,8-13H2,(H,18,19). The van der Waals surface area contributed by atoms with Crippen LogP contribution < -0.4 is 5.32 Å². The molecule has 2 fully saturated rings. The van der Waals surface area contributed by atoms with Crippen molar-refractivity contribution < 1.29 is 14.6 Å². The van der Waals surface area contributed by atoms with E-state index in [4.69, 9.17) is 4.74 Å². The average molecular weight is 289 g/mol. The molecule has 0 unspecified atom stereocenters. The van der Waals surface area contributed by atoms with E-state index in [0.717, 1.165) is 44.1 Å². The molecule has 3 rings (SSSR count). The Bertz CT molecular complexity index is 492. The largest absolute Gasteiger partial charge is 0.445 e. The Hall–Kier alpha value is -1.55. The summed E-state index contributed by atoms with van der Waals surface area (Å²) in [5.74, 6) is 0. The second-order valence-electron chi connectivity index (χ2n) is 6.43. The number of hydrogen-bond acceptors (Lipinski definition) is 3. The molecular formula is C17H23NO3. The number of hydrogen-bond donors (Lipinski definition) is 2. The molecule has 0 spiro atoms. The van der Waals surface area contributed by atoms with Gasteiger partial charge in [0.2, 0.25) is 0 Å². The lowest BCUT2D eigenvalue weighted by atomic mass is 9.52. The van der Waals surface area contributed by atoms with Crippen LogP contribution in [0, 0.1) is 5.41 Å². The van der Waals surface area contributed by atoms with Crippen molar-refractivity contribution in [1.29, 1.82) is 0 Å². The van der Waals surface area contributed by atoms with Gasteiger partial charge in [-0.05, 0) is 37.7 Å². The van der Waals surface area contributed by atoms with Crippen molar-refractivity contribution in [3.63, 3.8) is 0 Å². The molecule has 0 aliphatic heterocycles. The Morgan fingerprint density at radius 1 is 1.14 bits per heavy atom. The summed E-state index contributed by atoms with van der Waals surface area (Å²) < 4.78 is 5.22. The molecule has 1 amide bonds. The molecule has 0 aromatic heterocycles. The molecule has 1 aromatic rings. The van der Waals surface area contributed by atoms with Crippen molar-refractivity contribution in [2.75, 3.05) is 6.54 Å². The molecule has 0 radical (unpaired) electrons. The second-order valence-corrected chi connectivity index (χ2v) is 6.43.